The van der Waals surface area contributed by atoms with Crippen molar-refractivity contribution in [3.63, 3.8) is 0 Å². The summed E-state index contributed by atoms with van der Waals surface area (Å²) in [6.07, 6.45) is 0. The van der Waals surface area contributed by atoms with Crippen LogP contribution < -0.4 is 5.32 Å². The number of para-hydroxylation sites is 1. The molecule has 0 saturated carbocycles. The van der Waals surface area contributed by atoms with Gasteiger partial charge in [0.15, 0.2) is 0 Å². The molecule has 0 fully saturated rings. The lowest BCUT2D eigenvalue weighted by Gasteiger charge is -2.08. The Hall–Kier alpha value is -1.49. The quantitative estimate of drug-likeness (QED) is 0.617. The number of benzene rings is 2. The Morgan fingerprint density at radius 1 is 1.00 bits per heavy atom. The van der Waals surface area contributed by atoms with Crippen LogP contribution in [0.1, 0.15) is 0 Å². The highest BCUT2D eigenvalue weighted by atomic mass is 35.5. The van der Waals surface area contributed by atoms with Gasteiger partial charge in [0.25, 0.3) is 0 Å². The Bertz CT molecular complexity index is 647. The second-order valence-corrected chi connectivity index (χ2v) is 4.87. The molecule has 2 aromatic rings. The summed E-state index contributed by atoms with van der Waals surface area (Å²) in [7, 11) is 0. The van der Waals surface area contributed by atoms with Crippen LogP contribution in [0.2, 0.25) is 15.1 Å². The average Bonchev–Trinajstić information content (AvgIpc) is 2.33. The lowest BCUT2D eigenvalue weighted by Crippen LogP contribution is -1.97. The van der Waals surface area contributed by atoms with E-state index in [0.29, 0.717) is 15.7 Å². The molecule has 0 unspecified atom stereocenters. The van der Waals surface area contributed by atoms with Crippen LogP contribution in [0.15, 0.2) is 36.4 Å². The number of nitro benzene ring substituents is 1. The van der Waals surface area contributed by atoms with Gasteiger partial charge in [0.2, 0.25) is 0 Å². The molecule has 0 aliphatic rings. The van der Waals surface area contributed by atoms with E-state index in [2.05, 4.69) is 5.32 Å². The number of nitrogens with one attached hydrogen (secondary N) is 1. The second-order valence-electron chi connectivity index (χ2n) is 3.65. The number of halogens is 3. The minimum atomic E-state index is -0.539. The normalized spacial score (nSPS) is 10.3. The van der Waals surface area contributed by atoms with E-state index in [-0.39, 0.29) is 16.4 Å². The fourth-order valence-electron chi connectivity index (χ4n) is 1.53. The molecule has 98 valence electrons. The topological polar surface area (TPSA) is 55.2 Å². The summed E-state index contributed by atoms with van der Waals surface area (Å²) in [5, 5.41) is 14.7. The molecule has 0 amide bonds. The van der Waals surface area contributed by atoms with Gasteiger partial charge in [0, 0.05) is 5.69 Å². The van der Waals surface area contributed by atoms with Gasteiger partial charge in [-0.25, -0.2) is 0 Å². The first-order chi connectivity index (χ1) is 8.99. The molecule has 2 rings (SSSR count). The molecular formula is C12H7Cl3N2O2. The molecule has 0 spiro atoms. The van der Waals surface area contributed by atoms with Crippen LogP contribution in [0.5, 0.6) is 0 Å². The molecule has 0 saturated heterocycles. The van der Waals surface area contributed by atoms with Crippen LogP contribution in [0.25, 0.3) is 0 Å². The maximum Gasteiger partial charge on any atom is 0.311 e. The number of nitrogens with zero attached hydrogens (tertiary/aromatic N) is 1. The van der Waals surface area contributed by atoms with E-state index in [4.69, 9.17) is 34.8 Å². The first kappa shape index (κ1) is 13.9. The number of rotatable bonds is 3. The minimum absolute atomic E-state index is 0.0649. The van der Waals surface area contributed by atoms with Crippen LogP contribution in [-0.2, 0) is 0 Å². The fraction of sp³-hybridized carbons (Fsp3) is 0. The summed E-state index contributed by atoms with van der Waals surface area (Å²) in [6.45, 7) is 0. The highest BCUT2D eigenvalue weighted by molar-refractivity contribution is 6.42. The Morgan fingerprint density at radius 2 is 1.74 bits per heavy atom. The molecular weight excluding hydrogens is 311 g/mol. The van der Waals surface area contributed by atoms with E-state index in [0.717, 1.165) is 0 Å². The van der Waals surface area contributed by atoms with E-state index in [1.165, 1.54) is 6.07 Å². The monoisotopic (exact) mass is 316 g/mol. The van der Waals surface area contributed by atoms with Crippen molar-refractivity contribution in [1.29, 1.82) is 0 Å². The van der Waals surface area contributed by atoms with E-state index >= 15 is 0 Å². The highest BCUT2D eigenvalue weighted by Crippen LogP contribution is 2.35. The molecule has 7 heteroatoms. The van der Waals surface area contributed by atoms with Crippen molar-refractivity contribution in [2.45, 2.75) is 0 Å². The van der Waals surface area contributed by atoms with E-state index < -0.39 is 4.92 Å². The van der Waals surface area contributed by atoms with Gasteiger partial charge in [-0.15, -0.1) is 0 Å². The predicted octanol–water partition coefficient (Wildman–Crippen LogP) is 5.30. The largest absolute Gasteiger partial charge is 0.350 e. The lowest BCUT2D eigenvalue weighted by molar-refractivity contribution is -0.383. The molecule has 2 aromatic carbocycles. The van der Waals surface area contributed by atoms with Crippen molar-refractivity contribution in [2.75, 3.05) is 5.32 Å². The maximum atomic E-state index is 11.0. The van der Waals surface area contributed by atoms with E-state index in [1.807, 2.05) is 0 Å². The van der Waals surface area contributed by atoms with Crippen LogP contribution in [0.3, 0.4) is 0 Å². The third-order valence-electron chi connectivity index (χ3n) is 2.37. The van der Waals surface area contributed by atoms with Crippen LogP contribution in [0.4, 0.5) is 17.1 Å². The van der Waals surface area contributed by atoms with Gasteiger partial charge >= 0.3 is 5.69 Å². The highest BCUT2D eigenvalue weighted by Gasteiger charge is 2.18. The van der Waals surface area contributed by atoms with Crippen molar-refractivity contribution >= 4 is 51.9 Å². The molecule has 0 aromatic heterocycles. The van der Waals surface area contributed by atoms with E-state index in [9.17, 15) is 10.1 Å². The smallest absolute Gasteiger partial charge is 0.311 e. The van der Waals surface area contributed by atoms with Crippen molar-refractivity contribution in [3.05, 3.63) is 61.6 Å². The first-order valence-corrected chi connectivity index (χ1v) is 6.27. The summed E-state index contributed by atoms with van der Waals surface area (Å²) in [4.78, 5) is 10.4. The Labute approximate surface area is 124 Å². The van der Waals surface area contributed by atoms with Gasteiger partial charge in [0.1, 0.15) is 10.7 Å². The molecule has 19 heavy (non-hydrogen) atoms. The third-order valence-corrected chi connectivity index (χ3v) is 3.41. The predicted molar refractivity (Wildman–Crippen MR) is 77.9 cm³/mol. The maximum absolute atomic E-state index is 11.0. The molecule has 0 aliphatic heterocycles. The van der Waals surface area contributed by atoms with Gasteiger partial charge in [-0.1, -0.05) is 40.9 Å². The summed E-state index contributed by atoms with van der Waals surface area (Å²) in [6, 6.07) is 9.48. The van der Waals surface area contributed by atoms with Gasteiger partial charge in [-0.3, -0.25) is 10.1 Å². The van der Waals surface area contributed by atoms with Gasteiger partial charge in [-0.05, 0) is 30.3 Å². The van der Waals surface area contributed by atoms with Crippen molar-refractivity contribution in [1.82, 2.24) is 0 Å². The van der Waals surface area contributed by atoms with Crippen LogP contribution in [-0.4, -0.2) is 4.92 Å². The SMILES string of the molecule is O=[N+]([O-])c1c(Cl)cccc1Nc1ccc(Cl)c(Cl)c1. The zero-order valence-electron chi connectivity index (χ0n) is 9.36. The summed E-state index contributed by atoms with van der Waals surface area (Å²) < 4.78 is 0. The zero-order valence-corrected chi connectivity index (χ0v) is 11.6. The van der Waals surface area contributed by atoms with E-state index in [1.54, 1.807) is 30.3 Å². The fourth-order valence-corrected chi connectivity index (χ4v) is 2.07. The molecule has 0 aliphatic carbocycles. The number of hydrogen-bond donors (Lipinski definition) is 1. The number of anilines is 2. The van der Waals surface area contributed by atoms with Crippen molar-refractivity contribution in [3.8, 4) is 0 Å². The summed E-state index contributed by atoms with van der Waals surface area (Å²) >= 11 is 17.5. The second kappa shape index (κ2) is 5.65. The van der Waals surface area contributed by atoms with Gasteiger partial charge in [-0.2, -0.15) is 0 Å². The Balaban J connectivity index is 2.40. The van der Waals surface area contributed by atoms with Crippen LogP contribution in [0, 0.1) is 10.1 Å². The van der Waals surface area contributed by atoms with Crippen molar-refractivity contribution < 1.29 is 4.92 Å². The lowest BCUT2D eigenvalue weighted by atomic mass is 10.2. The Morgan fingerprint density at radius 3 is 2.37 bits per heavy atom. The molecule has 1 N–H and O–H groups in total. The van der Waals surface area contributed by atoms with Gasteiger partial charge in [0.05, 0.1) is 15.0 Å². The molecule has 0 atom stereocenters. The average molecular weight is 318 g/mol. The molecule has 0 bridgehead atoms. The van der Waals surface area contributed by atoms with Crippen LogP contribution >= 0.6 is 34.8 Å². The van der Waals surface area contributed by atoms with Gasteiger partial charge < -0.3 is 5.32 Å². The zero-order chi connectivity index (χ0) is 14.0. The Kier molecular flexibility index (Phi) is 4.14. The molecule has 0 radical (unpaired) electrons. The molecule has 4 nitrogen and oxygen atoms in total. The number of nitro groups is 1. The summed E-state index contributed by atoms with van der Waals surface area (Å²) in [5.74, 6) is 0. The van der Waals surface area contributed by atoms with Crippen molar-refractivity contribution in [2.24, 2.45) is 0 Å². The number of hydrogen-bond acceptors (Lipinski definition) is 3. The minimum Gasteiger partial charge on any atom is -0.350 e. The summed E-state index contributed by atoms with van der Waals surface area (Å²) in [5.41, 5.74) is 0.686. The first-order valence-electron chi connectivity index (χ1n) is 5.14. The molecule has 0 heterocycles. The standard InChI is InChI=1S/C12H7Cl3N2O2/c13-8-5-4-7(6-10(8)15)16-11-3-1-2-9(14)12(11)17(18)19/h1-6,16H. The third kappa shape index (κ3) is 3.10.